The topological polar surface area (TPSA) is 35.5 Å². The molecule has 0 radical (unpaired) electrons. The fraction of sp³-hybridized carbons (Fsp3) is 0.133. The second-order valence-electron chi connectivity index (χ2n) is 4.13. The summed E-state index contributed by atoms with van der Waals surface area (Å²) < 4.78 is 36.3. The van der Waals surface area contributed by atoms with E-state index in [1.807, 2.05) is 0 Å². The van der Waals surface area contributed by atoms with Gasteiger partial charge in [0.2, 0.25) is 5.78 Å². The first-order valence-electron chi connectivity index (χ1n) is 5.96. The van der Waals surface area contributed by atoms with Gasteiger partial charge in [-0.3, -0.25) is 4.79 Å². The molecule has 0 aromatic heterocycles. The molecule has 2 rings (SSSR count). The van der Waals surface area contributed by atoms with Crippen molar-refractivity contribution in [3.8, 4) is 11.5 Å². The highest BCUT2D eigenvalue weighted by atomic mass is 35.5. The zero-order valence-corrected chi connectivity index (χ0v) is 11.8. The number of carbonyl (C=O) groups is 1. The van der Waals surface area contributed by atoms with Crippen LogP contribution in [-0.2, 0) is 0 Å². The first-order chi connectivity index (χ1) is 10.0. The van der Waals surface area contributed by atoms with E-state index >= 15 is 0 Å². The van der Waals surface area contributed by atoms with Crippen molar-refractivity contribution in [2.24, 2.45) is 0 Å². The Hall–Kier alpha value is -2.14. The van der Waals surface area contributed by atoms with Gasteiger partial charge in [-0.25, -0.2) is 8.78 Å². The van der Waals surface area contributed by atoms with E-state index in [-0.39, 0.29) is 28.7 Å². The molecule has 6 heteroatoms. The summed E-state index contributed by atoms with van der Waals surface area (Å²) in [6.45, 7) is -0.370. The van der Waals surface area contributed by atoms with E-state index < -0.39 is 17.4 Å². The van der Waals surface area contributed by atoms with Crippen LogP contribution in [0.1, 0.15) is 10.4 Å². The van der Waals surface area contributed by atoms with Crippen molar-refractivity contribution in [1.29, 1.82) is 0 Å². The maximum atomic E-state index is 13.2. The molecule has 0 spiro atoms. The summed E-state index contributed by atoms with van der Waals surface area (Å²) >= 11 is 5.78. The van der Waals surface area contributed by atoms with Crippen molar-refractivity contribution < 1.29 is 23.0 Å². The number of rotatable bonds is 5. The van der Waals surface area contributed by atoms with Gasteiger partial charge in [-0.2, -0.15) is 0 Å². The molecule has 0 atom stereocenters. The standard InChI is InChI=1S/C15H11ClF2O3/c1-20-14-4-2-9(17)6-11(14)13(19)8-21-15-5-3-10(18)7-12(15)16/h2-7H,8H2,1H3. The van der Waals surface area contributed by atoms with Gasteiger partial charge in [0.1, 0.15) is 23.1 Å². The lowest BCUT2D eigenvalue weighted by molar-refractivity contribution is 0.0918. The molecule has 3 nitrogen and oxygen atoms in total. The molecule has 0 saturated heterocycles. The second-order valence-corrected chi connectivity index (χ2v) is 4.54. The van der Waals surface area contributed by atoms with Gasteiger partial charge in [0.05, 0.1) is 17.7 Å². The lowest BCUT2D eigenvalue weighted by atomic mass is 10.1. The molecule has 0 amide bonds. The predicted octanol–water partition coefficient (Wildman–Crippen LogP) is 3.89. The largest absolute Gasteiger partial charge is 0.496 e. The van der Waals surface area contributed by atoms with Gasteiger partial charge >= 0.3 is 0 Å². The minimum atomic E-state index is -0.557. The number of carbonyl (C=O) groups excluding carboxylic acids is 1. The van der Waals surface area contributed by atoms with Gasteiger partial charge in [0, 0.05) is 0 Å². The number of methoxy groups -OCH3 is 1. The van der Waals surface area contributed by atoms with Crippen molar-refractivity contribution in [3.63, 3.8) is 0 Å². The Kier molecular flexibility index (Phi) is 4.75. The van der Waals surface area contributed by atoms with Crippen LogP contribution in [0.4, 0.5) is 8.78 Å². The van der Waals surface area contributed by atoms with Crippen LogP contribution in [-0.4, -0.2) is 19.5 Å². The molecular weight excluding hydrogens is 302 g/mol. The molecule has 0 aliphatic carbocycles. The van der Waals surface area contributed by atoms with E-state index in [0.717, 1.165) is 18.2 Å². The van der Waals surface area contributed by atoms with Crippen LogP contribution in [0.2, 0.25) is 5.02 Å². The minimum absolute atomic E-state index is 0.0500. The van der Waals surface area contributed by atoms with Crippen molar-refractivity contribution in [1.82, 2.24) is 0 Å². The summed E-state index contributed by atoms with van der Waals surface area (Å²) in [6.07, 6.45) is 0. The highest BCUT2D eigenvalue weighted by Crippen LogP contribution is 2.26. The lowest BCUT2D eigenvalue weighted by Gasteiger charge is -2.10. The van der Waals surface area contributed by atoms with Gasteiger partial charge in [-0.1, -0.05) is 11.6 Å². The number of halogens is 3. The molecule has 0 heterocycles. The molecule has 110 valence electrons. The maximum absolute atomic E-state index is 13.2. The quantitative estimate of drug-likeness (QED) is 0.786. The normalized spacial score (nSPS) is 10.3. The third-order valence-electron chi connectivity index (χ3n) is 2.71. The average Bonchev–Trinajstić information content (AvgIpc) is 2.46. The third kappa shape index (κ3) is 3.70. The summed E-state index contributed by atoms with van der Waals surface area (Å²) in [4.78, 5) is 12.0. The van der Waals surface area contributed by atoms with Crippen LogP contribution in [0.25, 0.3) is 0 Å². The van der Waals surface area contributed by atoms with E-state index in [9.17, 15) is 13.6 Å². The van der Waals surface area contributed by atoms with Crippen molar-refractivity contribution in [3.05, 3.63) is 58.6 Å². The van der Waals surface area contributed by atoms with Crippen molar-refractivity contribution in [2.45, 2.75) is 0 Å². The maximum Gasteiger partial charge on any atom is 0.204 e. The van der Waals surface area contributed by atoms with E-state index in [1.54, 1.807) is 0 Å². The highest BCUT2D eigenvalue weighted by molar-refractivity contribution is 6.32. The van der Waals surface area contributed by atoms with Gasteiger partial charge < -0.3 is 9.47 Å². The van der Waals surface area contributed by atoms with Gasteiger partial charge in [0.25, 0.3) is 0 Å². The molecule has 2 aromatic rings. The Morgan fingerprint density at radius 3 is 2.33 bits per heavy atom. The van der Waals surface area contributed by atoms with Crippen LogP contribution in [0, 0.1) is 11.6 Å². The summed E-state index contributed by atoms with van der Waals surface area (Å²) in [5.41, 5.74) is 0.0655. The third-order valence-corrected chi connectivity index (χ3v) is 3.01. The highest BCUT2D eigenvalue weighted by Gasteiger charge is 2.15. The fourth-order valence-corrected chi connectivity index (χ4v) is 1.93. The van der Waals surface area contributed by atoms with Gasteiger partial charge in [-0.05, 0) is 36.4 Å². The zero-order chi connectivity index (χ0) is 15.4. The molecule has 0 fully saturated rings. The Bertz CT molecular complexity index is 674. The number of Topliss-reactive ketones (excluding diaryl/α,β-unsaturated/α-hetero) is 1. The van der Waals surface area contributed by atoms with Crippen LogP contribution in [0.5, 0.6) is 11.5 Å². The Balaban J connectivity index is 2.13. The number of hydrogen-bond donors (Lipinski definition) is 0. The molecule has 0 unspecified atom stereocenters. The second kappa shape index (κ2) is 6.54. The molecule has 0 aliphatic rings. The molecule has 21 heavy (non-hydrogen) atoms. The predicted molar refractivity (Wildman–Crippen MR) is 74.2 cm³/mol. The van der Waals surface area contributed by atoms with E-state index in [2.05, 4.69) is 0 Å². The summed E-state index contributed by atoms with van der Waals surface area (Å²) in [6, 6.07) is 7.16. The average molecular weight is 313 g/mol. The number of ether oxygens (including phenoxy) is 2. The number of benzene rings is 2. The van der Waals surface area contributed by atoms with Crippen molar-refractivity contribution in [2.75, 3.05) is 13.7 Å². The van der Waals surface area contributed by atoms with Gasteiger partial charge in [0.15, 0.2) is 6.61 Å². The lowest BCUT2D eigenvalue weighted by Crippen LogP contribution is -2.13. The van der Waals surface area contributed by atoms with Crippen LogP contribution < -0.4 is 9.47 Å². The summed E-state index contributed by atoms with van der Waals surface area (Å²) in [5, 5.41) is 0.0500. The minimum Gasteiger partial charge on any atom is -0.496 e. The number of ketones is 1. The zero-order valence-electron chi connectivity index (χ0n) is 11.0. The van der Waals surface area contributed by atoms with Crippen LogP contribution >= 0.6 is 11.6 Å². The monoisotopic (exact) mass is 312 g/mol. The first kappa shape index (κ1) is 15.3. The molecule has 0 N–H and O–H groups in total. The number of hydrogen-bond acceptors (Lipinski definition) is 3. The van der Waals surface area contributed by atoms with Crippen LogP contribution in [0.15, 0.2) is 36.4 Å². The fourth-order valence-electron chi connectivity index (χ4n) is 1.71. The molecule has 2 aromatic carbocycles. The molecule has 0 aliphatic heterocycles. The summed E-state index contributed by atoms with van der Waals surface area (Å²) in [5.74, 6) is -1.13. The SMILES string of the molecule is COc1ccc(F)cc1C(=O)COc1ccc(F)cc1Cl. The Morgan fingerprint density at radius 1 is 1.10 bits per heavy atom. The molecular formula is C15H11ClF2O3. The van der Waals surface area contributed by atoms with E-state index in [4.69, 9.17) is 21.1 Å². The van der Waals surface area contributed by atoms with Crippen LogP contribution in [0.3, 0.4) is 0 Å². The van der Waals surface area contributed by atoms with Gasteiger partial charge in [-0.15, -0.1) is 0 Å². The first-order valence-corrected chi connectivity index (χ1v) is 6.33. The van der Waals surface area contributed by atoms with E-state index in [0.29, 0.717) is 0 Å². The Labute approximate surface area is 125 Å². The smallest absolute Gasteiger partial charge is 0.204 e. The molecule has 0 saturated carbocycles. The van der Waals surface area contributed by atoms with Crippen molar-refractivity contribution >= 4 is 17.4 Å². The Morgan fingerprint density at radius 2 is 1.71 bits per heavy atom. The summed E-state index contributed by atoms with van der Waals surface area (Å²) in [7, 11) is 1.38. The molecule has 0 bridgehead atoms. The van der Waals surface area contributed by atoms with E-state index in [1.165, 1.54) is 25.3 Å².